The zero-order valence-electron chi connectivity index (χ0n) is 13.6. The molecule has 0 radical (unpaired) electrons. The van der Waals surface area contributed by atoms with E-state index in [1.54, 1.807) is 30.3 Å². The summed E-state index contributed by atoms with van der Waals surface area (Å²) in [5.41, 5.74) is 1.48. The maximum atomic E-state index is 12.1. The maximum absolute atomic E-state index is 12.1. The predicted octanol–water partition coefficient (Wildman–Crippen LogP) is 1.54. The Hall–Kier alpha value is -2.41. The van der Waals surface area contributed by atoms with E-state index >= 15 is 0 Å². The predicted molar refractivity (Wildman–Crippen MR) is 86.5 cm³/mol. The number of carbonyl (C=O) groups excluding carboxylic acids is 1. The Morgan fingerprint density at radius 3 is 2.74 bits per heavy atom. The van der Waals surface area contributed by atoms with Gasteiger partial charge >= 0.3 is 6.03 Å². The van der Waals surface area contributed by atoms with Crippen molar-refractivity contribution in [1.82, 2.24) is 25.4 Å². The highest BCUT2D eigenvalue weighted by Crippen LogP contribution is 2.19. The van der Waals surface area contributed by atoms with Gasteiger partial charge < -0.3 is 15.7 Å². The summed E-state index contributed by atoms with van der Waals surface area (Å²) in [6.07, 6.45) is 4.21. The Labute approximate surface area is 135 Å². The molecule has 0 aliphatic carbocycles. The van der Waals surface area contributed by atoms with E-state index in [2.05, 4.69) is 20.7 Å². The van der Waals surface area contributed by atoms with Gasteiger partial charge in [-0.2, -0.15) is 5.10 Å². The first-order valence-corrected chi connectivity index (χ1v) is 7.59. The van der Waals surface area contributed by atoms with E-state index < -0.39 is 6.10 Å². The fourth-order valence-corrected chi connectivity index (χ4v) is 2.25. The summed E-state index contributed by atoms with van der Waals surface area (Å²) in [5, 5.41) is 19.6. The lowest BCUT2D eigenvalue weighted by atomic mass is 10.0. The van der Waals surface area contributed by atoms with Crippen LogP contribution >= 0.6 is 0 Å². The van der Waals surface area contributed by atoms with E-state index in [0.717, 1.165) is 5.69 Å². The van der Waals surface area contributed by atoms with Crippen LogP contribution < -0.4 is 10.6 Å². The largest absolute Gasteiger partial charge is 0.386 e. The molecule has 2 aromatic heterocycles. The first-order valence-electron chi connectivity index (χ1n) is 7.59. The van der Waals surface area contributed by atoms with Crippen molar-refractivity contribution in [3.05, 3.63) is 48.0 Å². The van der Waals surface area contributed by atoms with E-state index in [-0.39, 0.29) is 24.5 Å². The smallest absolute Gasteiger partial charge is 0.315 e. The molecule has 7 nitrogen and oxygen atoms in total. The number of amides is 2. The molecular weight excluding hydrogens is 294 g/mol. The zero-order chi connectivity index (χ0) is 16.8. The number of urea groups is 1. The molecule has 0 aliphatic heterocycles. The normalized spacial score (nSPS) is 13.6. The summed E-state index contributed by atoms with van der Waals surface area (Å²) in [6, 6.07) is 5.09. The highest BCUT2D eigenvalue weighted by atomic mass is 16.3. The summed E-state index contributed by atoms with van der Waals surface area (Å²) in [6.45, 7) is 4.15. The highest BCUT2D eigenvalue weighted by molar-refractivity contribution is 5.74. The number of aryl methyl sites for hydroxylation is 1. The van der Waals surface area contributed by atoms with Crippen molar-refractivity contribution in [2.24, 2.45) is 13.0 Å². The molecule has 2 heterocycles. The summed E-state index contributed by atoms with van der Waals surface area (Å²) < 4.78 is 1.61. The number of carbonyl (C=O) groups is 1. The number of aliphatic hydroxyl groups is 1. The second-order valence-electron chi connectivity index (χ2n) is 5.79. The lowest BCUT2D eigenvalue weighted by Crippen LogP contribution is -2.41. The molecule has 0 unspecified atom stereocenters. The van der Waals surface area contributed by atoms with E-state index in [0.29, 0.717) is 5.56 Å². The monoisotopic (exact) mass is 317 g/mol. The molecule has 0 spiro atoms. The van der Waals surface area contributed by atoms with Gasteiger partial charge in [0.15, 0.2) is 0 Å². The minimum atomic E-state index is -0.790. The second-order valence-corrected chi connectivity index (χ2v) is 5.79. The summed E-state index contributed by atoms with van der Waals surface area (Å²) in [5.74, 6) is 0.193. The van der Waals surface area contributed by atoms with Crippen molar-refractivity contribution in [3.63, 3.8) is 0 Å². The van der Waals surface area contributed by atoms with Crippen LogP contribution in [-0.2, 0) is 7.05 Å². The van der Waals surface area contributed by atoms with Crippen LogP contribution in [0.5, 0.6) is 0 Å². The molecule has 124 valence electrons. The molecule has 2 atom stereocenters. The second kappa shape index (κ2) is 7.73. The average Bonchev–Trinajstić information content (AvgIpc) is 2.97. The van der Waals surface area contributed by atoms with Gasteiger partial charge in [0.2, 0.25) is 0 Å². The minimum Gasteiger partial charge on any atom is -0.386 e. The van der Waals surface area contributed by atoms with Crippen LogP contribution in [0.15, 0.2) is 36.8 Å². The Bertz CT molecular complexity index is 626. The molecule has 23 heavy (non-hydrogen) atoms. The summed E-state index contributed by atoms with van der Waals surface area (Å²) in [4.78, 5) is 16.4. The minimum absolute atomic E-state index is 0.116. The first-order chi connectivity index (χ1) is 11.0. The van der Waals surface area contributed by atoms with Gasteiger partial charge in [-0.05, 0) is 18.1 Å². The number of rotatable bonds is 6. The lowest BCUT2D eigenvalue weighted by molar-refractivity contribution is 0.172. The Morgan fingerprint density at radius 2 is 2.17 bits per heavy atom. The topological polar surface area (TPSA) is 92.1 Å². The van der Waals surface area contributed by atoms with Gasteiger partial charge in [0.05, 0.1) is 24.0 Å². The lowest BCUT2D eigenvalue weighted by Gasteiger charge is -2.22. The standard InChI is InChI=1S/C16H23N5O2/c1-11(2)15(13-6-4-5-7-17-13)20-16(23)18-9-14(22)12-8-19-21(3)10-12/h4-8,10-11,14-15,22H,9H2,1-3H3,(H2,18,20,23)/t14-,15+/m1/s1. The molecular formula is C16H23N5O2. The van der Waals surface area contributed by atoms with Crippen LogP contribution in [0.25, 0.3) is 0 Å². The number of hydrogen-bond acceptors (Lipinski definition) is 4. The molecule has 0 fully saturated rings. The van der Waals surface area contributed by atoms with Gasteiger partial charge in [0, 0.05) is 31.5 Å². The fourth-order valence-electron chi connectivity index (χ4n) is 2.25. The zero-order valence-corrected chi connectivity index (χ0v) is 13.6. The SMILES string of the molecule is CC(C)[C@H](NC(=O)NC[C@@H](O)c1cnn(C)c1)c1ccccn1. The number of aliphatic hydroxyl groups excluding tert-OH is 1. The van der Waals surface area contributed by atoms with Crippen LogP contribution in [0.2, 0.25) is 0 Å². The highest BCUT2D eigenvalue weighted by Gasteiger charge is 2.20. The van der Waals surface area contributed by atoms with Crippen molar-refractivity contribution in [2.45, 2.75) is 26.0 Å². The van der Waals surface area contributed by atoms with Crippen LogP contribution in [0.3, 0.4) is 0 Å². The van der Waals surface area contributed by atoms with Crippen LogP contribution in [0.1, 0.15) is 37.3 Å². The molecule has 2 amide bonds. The number of nitrogens with one attached hydrogen (secondary N) is 2. The first kappa shape index (κ1) is 17.0. The third-order valence-electron chi connectivity index (χ3n) is 3.53. The summed E-state index contributed by atoms with van der Waals surface area (Å²) in [7, 11) is 1.77. The van der Waals surface area contributed by atoms with Crippen molar-refractivity contribution in [2.75, 3.05) is 6.54 Å². The molecule has 3 N–H and O–H groups in total. The Kier molecular flexibility index (Phi) is 5.70. The Balaban J connectivity index is 1.90. The van der Waals surface area contributed by atoms with Gasteiger partial charge in [-0.1, -0.05) is 19.9 Å². The average molecular weight is 317 g/mol. The molecule has 2 aromatic rings. The van der Waals surface area contributed by atoms with Gasteiger partial charge in [-0.25, -0.2) is 4.79 Å². The van der Waals surface area contributed by atoms with Crippen LogP contribution in [-0.4, -0.2) is 32.4 Å². The van der Waals surface area contributed by atoms with Crippen molar-refractivity contribution in [3.8, 4) is 0 Å². The third kappa shape index (κ3) is 4.79. The number of nitrogens with zero attached hydrogens (tertiary/aromatic N) is 3. The summed E-state index contributed by atoms with van der Waals surface area (Å²) >= 11 is 0. The molecule has 0 bridgehead atoms. The van der Waals surface area contributed by atoms with Gasteiger partial charge in [-0.15, -0.1) is 0 Å². The maximum Gasteiger partial charge on any atom is 0.315 e. The fraction of sp³-hybridized carbons (Fsp3) is 0.438. The van der Waals surface area contributed by atoms with E-state index in [9.17, 15) is 9.90 Å². The van der Waals surface area contributed by atoms with Crippen molar-refractivity contribution >= 4 is 6.03 Å². The van der Waals surface area contributed by atoms with Crippen LogP contribution in [0, 0.1) is 5.92 Å². The third-order valence-corrected chi connectivity index (χ3v) is 3.53. The molecule has 7 heteroatoms. The van der Waals surface area contributed by atoms with Crippen molar-refractivity contribution < 1.29 is 9.90 Å². The van der Waals surface area contributed by atoms with Gasteiger partial charge in [-0.3, -0.25) is 9.67 Å². The number of pyridine rings is 1. The molecule has 0 saturated carbocycles. The van der Waals surface area contributed by atoms with Gasteiger partial charge in [0.25, 0.3) is 0 Å². The number of hydrogen-bond donors (Lipinski definition) is 3. The van der Waals surface area contributed by atoms with E-state index in [1.807, 2.05) is 32.0 Å². The number of aromatic nitrogens is 3. The van der Waals surface area contributed by atoms with E-state index in [1.165, 1.54) is 0 Å². The van der Waals surface area contributed by atoms with Crippen LogP contribution in [0.4, 0.5) is 4.79 Å². The molecule has 0 aromatic carbocycles. The Morgan fingerprint density at radius 1 is 1.39 bits per heavy atom. The van der Waals surface area contributed by atoms with Gasteiger partial charge in [0.1, 0.15) is 0 Å². The molecule has 0 aliphatic rings. The molecule has 0 saturated heterocycles. The molecule has 2 rings (SSSR count). The van der Waals surface area contributed by atoms with E-state index in [4.69, 9.17) is 0 Å². The quantitative estimate of drug-likeness (QED) is 0.753. The van der Waals surface area contributed by atoms with Crippen molar-refractivity contribution in [1.29, 1.82) is 0 Å².